The van der Waals surface area contributed by atoms with Crippen LogP contribution in [0.1, 0.15) is 75.3 Å². The maximum atomic E-state index is 13.8. The van der Waals surface area contributed by atoms with Crippen molar-refractivity contribution in [2.24, 2.45) is 11.1 Å². The molecule has 1 aromatic heterocycles. The maximum Gasteiger partial charge on any atom is 0.246 e. The number of aliphatic hydroxyl groups is 1. The number of thiazole rings is 1. The van der Waals surface area contributed by atoms with Crippen LogP contribution in [0.2, 0.25) is 0 Å². The second-order valence-electron chi connectivity index (χ2n) is 13.0. The number of nitrogens with zero attached hydrogens (tertiary/aromatic N) is 2. The lowest BCUT2D eigenvalue weighted by molar-refractivity contribution is -0.144. The van der Waals surface area contributed by atoms with Crippen LogP contribution in [-0.4, -0.2) is 57.4 Å². The lowest BCUT2D eigenvalue weighted by atomic mass is 9.85. The van der Waals surface area contributed by atoms with Gasteiger partial charge in [0.15, 0.2) is 0 Å². The second kappa shape index (κ2) is 15.6. The molecule has 3 atom stereocenters. The molecule has 2 aromatic carbocycles. The molecule has 5 N–H and O–H groups in total. The summed E-state index contributed by atoms with van der Waals surface area (Å²) in [6.45, 7) is 8.54. The topological polar surface area (TPSA) is 138 Å². The first-order valence-corrected chi connectivity index (χ1v) is 16.7. The van der Waals surface area contributed by atoms with Gasteiger partial charge in [0.05, 0.1) is 22.2 Å². The molecule has 242 valence electrons. The number of benzene rings is 2. The molecule has 2 heterocycles. The summed E-state index contributed by atoms with van der Waals surface area (Å²) in [7, 11) is 0. The van der Waals surface area contributed by atoms with E-state index in [2.05, 4.69) is 27.8 Å². The summed E-state index contributed by atoms with van der Waals surface area (Å²) >= 11 is 1.59. The molecule has 0 bridgehead atoms. The van der Waals surface area contributed by atoms with Gasteiger partial charge < -0.3 is 26.4 Å². The molecule has 1 aliphatic heterocycles. The van der Waals surface area contributed by atoms with E-state index in [0.29, 0.717) is 19.5 Å². The zero-order valence-electron chi connectivity index (χ0n) is 26.8. The minimum absolute atomic E-state index is 0.0501. The number of carbonyl (C=O) groups is 3. The number of carbonyl (C=O) groups excluding carboxylic acids is 3. The molecule has 0 aliphatic carbocycles. The molecule has 1 unspecified atom stereocenters. The molecule has 45 heavy (non-hydrogen) atoms. The number of aryl methyl sites for hydroxylation is 2. The fourth-order valence-corrected chi connectivity index (χ4v) is 6.46. The van der Waals surface area contributed by atoms with E-state index in [1.165, 1.54) is 10.5 Å². The van der Waals surface area contributed by atoms with Crippen LogP contribution in [0.5, 0.6) is 0 Å². The summed E-state index contributed by atoms with van der Waals surface area (Å²) in [6, 6.07) is 14.6. The Kier molecular flexibility index (Phi) is 11.9. The number of aromatic nitrogens is 1. The van der Waals surface area contributed by atoms with Crippen molar-refractivity contribution in [1.82, 2.24) is 20.5 Å². The largest absolute Gasteiger partial charge is 0.391 e. The Hall–Kier alpha value is -3.60. The normalized spacial score (nSPS) is 17.2. The van der Waals surface area contributed by atoms with Crippen LogP contribution in [0.4, 0.5) is 0 Å². The van der Waals surface area contributed by atoms with Crippen molar-refractivity contribution in [2.75, 3.05) is 6.54 Å². The minimum atomic E-state index is -0.825. The number of nitrogens with two attached hydrogens (primary N) is 1. The predicted octanol–water partition coefficient (Wildman–Crippen LogP) is 4.49. The number of β-amino-alcohol motifs (C(OH)–C–C–N with tert-alkyl or cyclic N) is 1. The van der Waals surface area contributed by atoms with E-state index in [-0.39, 0.29) is 30.7 Å². The number of aliphatic hydroxyl groups excluding tert-OH is 1. The van der Waals surface area contributed by atoms with E-state index in [1.807, 2.05) is 69.6 Å². The van der Waals surface area contributed by atoms with Crippen LogP contribution >= 0.6 is 11.3 Å². The Labute approximate surface area is 270 Å². The van der Waals surface area contributed by atoms with Gasteiger partial charge in [-0.2, -0.15) is 0 Å². The highest BCUT2D eigenvalue weighted by Crippen LogP contribution is 2.28. The molecular weight excluding hydrogens is 586 g/mol. The highest BCUT2D eigenvalue weighted by atomic mass is 32.1. The molecule has 3 amide bonds. The Morgan fingerprint density at radius 3 is 2.31 bits per heavy atom. The van der Waals surface area contributed by atoms with Gasteiger partial charge in [0.25, 0.3) is 0 Å². The average Bonchev–Trinajstić information content (AvgIpc) is 3.63. The van der Waals surface area contributed by atoms with Crippen molar-refractivity contribution in [2.45, 2.75) is 97.5 Å². The van der Waals surface area contributed by atoms with E-state index in [9.17, 15) is 19.5 Å². The van der Waals surface area contributed by atoms with Crippen molar-refractivity contribution >= 4 is 29.1 Å². The average molecular weight is 634 g/mol. The Morgan fingerprint density at radius 2 is 1.69 bits per heavy atom. The van der Waals surface area contributed by atoms with Crippen LogP contribution in [0, 0.1) is 12.3 Å². The first kappa shape index (κ1) is 34.3. The van der Waals surface area contributed by atoms with Crippen molar-refractivity contribution in [3.8, 4) is 10.4 Å². The molecule has 10 heteroatoms. The number of likely N-dealkylation sites (tertiary alicyclic amines) is 1. The van der Waals surface area contributed by atoms with E-state index in [4.69, 9.17) is 5.73 Å². The fraction of sp³-hybridized carbons (Fsp3) is 0.486. The Morgan fingerprint density at radius 1 is 1.02 bits per heavy atom. The van der Waals surface area contributed by atoms with Gasteiger partial charge in [0.1, 0.15) is 12.1 Å². The molecule has 1 aliphatic rings. The zero-order valence-corrected chi connectivity index (χ0v) is 27.7. The van der Waals surface area contributed by atoms with Crippen LogP contribution in [0.3, 0.4) is 0 Å². The van der Waals surface area contributed by atoms with E-state index < -0.39 is 23.6 Å². The molecule has 9 nitrogen and oxygen atoms in total. The third kappa shape index (κ3) is 9.45. The maximum absolute atomic E-state index is 13.8. The molecule has 0 saturated carbocycles. The van der Waals surface area contributed by atoms with Gasteiger partial charge in [0, 0.05) is 32.5 Å². The Bertz CT molecular complexity index is 1430. The summed E-state index contributed by atoms with van der Waals surface area (Å²) in [4.78, 5) is 46.9. The first-order valence-electron chi connectivity index (χ1n) is 15.8. The standard InChI is InChI=1S/C35H47N5O4S/c1-23-31(45-22-38-23)27-16-14-26(15-17-27)20-37-33(43)29-18-28(41)21-40(29)34(44)32(35(2,3)4)39-30(42)9-7-5-6-8-24-10-12-25(19-36)13-11-24/h10-17,22,28-29,32,41H,5-9,18-21,36H2,1-4H3,(H,37,43)(H,39,42)/t28-,29+,32?/m1/s1. The summed E-state index contributed by atoms with van der Waals surface area (Å²) < 4.78 is 0. The highest BCUT2D eigenvalue weighted by Gasteiger charge is 2.44. The van der Waals surface area contributed by atoms with Gasteiger partial charge in [-0.1, -0.05) is 75.7 Å². The predicted molar refractivity (Wildman–Crippen MR) is 178 cm³/mol. The third-order valence-electron chi connectivity index (χ3n) is 8.34. The van der Waals surface area contributed by atoms with E-state index >= 15 is 0 Å². The smallest absolute Gasteiger partial charge is 0.246 e. The third-order valence-corrected chi connectivity index (χ3v) is 9.32. The fourth-order valence-electron chi connectivity index (χ4n) is 5.65. The van der Waals surface area contributed by atoms with E-state index in [1.54, 1.807) is 11.3 Å². The van der Waals surface area contributed by atoms with Gasteiger partial charge in [-0.25, -0.2) is 4.98 Å². The molecule has 4 rings (SSSR count). The van der Waals surface area contributed by atoms with Crippen LogP contribution in [0.25, 0.3) is 10.4 Å². The zero-order chi connectivity index (χ0) is 32.6. The molecule has 3 aromatic rings. The van der Waals surface area contributed by atoms with Gasteiger partial charge >= 0.3 is 0 Å². The van der Waals surface area contributed by atoms with Crippen LogP contribution < -0.4 is 16.4 Å². The quantitative estimate of drug-likeness (QED) is 0.205. The van der Waals surface area contributed by atoms with Gasteiger partial charge in [-0.15, -0.1) is 11.3 Å². The van der Waals surface area contributed by atoms with Crippen molar-refractivity contribution in [3.63, 3.8) is 0 Å². The van der Waals surface area contributed by atoms with Crippen LogP contribution in [-0.2, 0) is 33.9 Å². The monoisotopic (exact) mass is 633 g/mol. The first-order chi connectivity index (χ1) is 21.5. The second-order valence-corrected chi connectivity index (χ2v) is 13.9. The van der Waals surface area contributed by atoms with Crippen molar-refractivity contribution in [1.29, 1.82) is 0 Å². The van der Waals surface area contributed by atoms with Gasteiger partial charge in [0.2, 0.25) is 17.7 Å². The lowest BCUT2D eigenvalue weighted by Gasteiger charge is -2.35. The number of hydrogen-bond acceptors (Lipinski definition) is 7. The van der Waals surface area contributed by atoms with Crippen LogP contribution in [0.15, 0.2) is 54.0 Å². The number of amides is 3. The number of rotatable bonds is 13. The number of unbranched alkanes of at least 4 members (excludes halogenated alkanes) is 2. The SMILES string of the molecule is Cc1ncsc1-c1ccc(CNC(=O)[C@@H]2C[C@@H](O)CN2C(=O)C(NC(=O)CCCCCc2ccc(CN)cc2)C(C)(C)C)cc1. The molecule has 0 radical (unpaired) electrons. The van der Waals surface area contributed by atoms with Gasteiger partial charge in [-0.3, -0.25) is 14.4 Å². The summed E-state index contributed by atoms with van der Waals surface area (Å²) in [6.07, 6.45) is 3.18. The molecule has 1 fully saturated rings. The van der Waals surface area contributed by atoms with Crippen molar-refractivity contribution < 1.29 is 19.5 Å². The molecule has 0 spiro atoms. The summed E-state index contributed by atoms with van der Waals surface area (Å²) in [5.74, 6) is -0.857. The van der Waals surface area contributed by atoms with Gasteiger partial charge in [-0.05, 0) is 53.9 Å². The number of nitrogens with one attached hydrogen (secondary N) is 2. The Balaban J connectivity index is 1.29. The molecule has 1 saturated heterocycles. The minimum Gasteiger partial charge on any atom is -0.391 e. The summed E-state index contributed by atoms with van der Waals surface area (Å²) in [5, 5.41) is 16.4. The lowest BCUT2D eigenvalue weighted by Crippen LogP contribution is -2.57. The van der Waals surface area contributed by atoms with Crippen molar-refractivity contribution in [3.05, 3.63) is 76.4 Å². The van der Waals surface area contributed by atoms with E-state index in [0.717, 1.165) is 52.9 Å². The summed E-state index contributed by atoms with van der Waals surface area (Å²) in [5.41, 5.74) is 12.2. The number of hydrogen-bond donors (Lipinski definition) is 4. The molecular formula is C35H47N5O4S. The highest BCUT2D eigenvalue weighted by molar-refractivity contribution is 7.13.